The van der Waals surface area contributed by atoms with Crippen LogP contribution in [-0.4, -0.2) is 45.2 Å². The van der Waals surface area contributed by atoms with Gasteiger partial charge in [0.05, 0.1) is 0 Å². The van der Waals surface area contributed by atoms with Gasteiger partial charge in [0.15, 0.2) is 0 Å². The van der Waals surface area contributed by atoms with E-state index in [0.717, 1.165) is 0 Å². The van der Waals surface area contributed by atoms with Gasteiger partial charge in [0.2, 0.25) is 0 Å². The molecule has 3 heteroatoms. The zero-order valence-electron chi connectivity index (χ0n) is 11.1. The first-order valence-electron chi connectivity index (χ1n) is 6.37. The Kier molecular flexibility index (Phi) is 3.89. The number of rotatable bonds is 3. The number of piperidine rings is 1. The third-order valence-corrected chi connectivity index (χ3v) is 3.45. The van der Waals surface area contributed by atoms with E-state index in [-0.39, 0.29) is 0 Å². The maximum atomic E-state index is 3.64. The molecule has 1 aliphatic heterocycles. The molecular formula is C14H23N3. The molecule has 1 N–H and O–H groups in total. The van der Waals surface area contributed by atoms with Gasteiger partial charge in [0.25, 0.3) is 0 Å². The number of nitrogens with one attached hydrogen (secondary N) is 1. The second-order valence-corrected chi connectivity index (χ2v) is 5.17. The summed E-state index contributed by atoms with van der Waals surface area (Å²) in [6.45, 7) is 2.40. The van der Waals surface area contributed by atoms with Crippen LogP contribution in [-0.2, 0) is 0 Å². The Morgan fingerprint density at radius 3 is 2.59 bits per heavy atom. The van der Waals surface area contributed by atoms with Crippen LogP contribution in [0.1, 0.15) is 12.8 Å². The number of likely N-dealkylation sites (tertiary alicyclic amines) is 1. The Hall–Kier alpha value is -1.22. The van der Waals surface area contributed by atoms with Crippen LogP contribution in [0.15, 0.2) is 24.3 Å². The third-order valence-electron chi connectivity index (χ3n) is 3.45. The van der Waals surface area contributed by atoms with Gasteiger partial charge < -0.3 is 15.1 Å². The molecule has 0 radical (unpaired) electrons. The number of benzene rings is 1. The quantitative estimate of drug-likeness (QED) is 0.864. The third kappa shape index (κ3) is 3.37. The first-order chi connectivity index (χ1) is 8.15. The van der Waals surface area contributed by atoms with Crippen LogP contribution in [0.5, 0.6) is 0 Å². The molecule has 1 fully saturated rings. The van der Waals surface area contributed by atoms with Gasteiger partial charge in [0, 0.05) is 31.5 Å². The SMILES string of the molecule is CN1CCC(Nc2cccc(N(C)C)c2)CC1. The largest absolute Gasteiger partial charge is 0.382 e. The van der Waals surface area contributed by atoms with E-state index in [1.807, 2.05) is 0 Å². The summed E-state index contributed by atoms with van der Waals surface area (Å²) >= 11 is 0. The average Bonchev–Trinajstić information content (AvgIpc) is 2.32. The molecule has 1 saturated heterocycles. The van der Waals surface area contributed by atoms with Gasteiger partial charge in [-0.15, -0.1) is 0 Å². The van der Waals surface area contributed by atoms with Crippen LogP contribution >= 0.6 is 0 Å². The average molecular weight is 233 g/mol. The van der Waals surface area contributed by atoms with Gasteiger partial charge in [-0.25, -0.2) is 0 Å². The van der Waals surface area contributed by atoms with E-state index in [4.69, 9.17) is 0 Å². The molecule has 3 nitrogen and oxygen atoms in total. The van der Waals surface area contributed by atoms with Crippen molar-refractivity contribution in [2.75, 3.05) is 44.4 Å². The summed E-state index contributed by atoms with van der Waals surface area (Å²) in [7, 11) is 6.35. The fourth-order valence-corrected chi connectivity index (χ4v) is 2.26. The van der Waals surface area contributed by atoms with E-state index in [9.17, 15) is 0 Å². The molecule has 0 amide bonds. The van der Waals surface area contributed by atoms with E-state index in [1.165, 1.54) is 37.3 Å². The first kappa shape index (κ1) is 12.2. The molecule has 1 aliphatic rings. The van der Waals surface area contributed by atoms with E-state index < -0.39 is 0 Å². The minimum absolute atomic E-state index is 0.628. The highest BCUT2D eigenvalue weighted by atomic mass is 15.1. The van der Waals surface area contributed by atoms with Crippen molar-refractivity contribution >= 4 is 11.4 Å². The molecule has 94 valence electrons. The molecule has 17 heavy (non-hydrogen) atoms. The minimum atomic E-state index is 0.628. The van der Waals surface area contributed by atoms with Crippen LogP contribution < -0.4 is 10.2 Å². The Morgan fingerprint density at radius 1 is 1.24 bits per heavy atom. The van der Waals surface area contributed by atoms with E-state index in [2.05, 4.69) is 60.5 Å². The molecule has 1 aromatic carbocycles. The highest BCUT2D eigenvalue weighted by Gasteiger charge is 2.16. The van der Waals surface area contributed by atoms with Gasteiger partial charge in [-0.3, -0.25) is 0 Å². The van der Waals surface area contributed by atoms with Gasteiger partial charge in [-0.1, -0.05) is 6.07 Å². The van der Waals surface area contributed by atoms with E-state index in [1.54, 1.807) is 0 Å². The smallest absolute Gasteiger partial charge is 0.0381 e. The van der Waals surface area contributed by atoms with Gasteiger partial charge in [-0.2, -0.15) is 0 Å². The molecule has 0 bridgehead atoms. The lowest BCUT2D eigenvalue weighted by Crippen LogP contribution is -2.36. The Morgan fingerprint density at radius 2 is 1.94 bits per heavy atom. The molecule has 0 aliphatic carbocycles. The molecule has 0 unspecified atom stereocenters. The fraction of sp³-hybridized carbons (Fsp3) is 0.571. The lowest BCUT2D eigenvalue weighted by molar-refractivity contribution is 0.264. The van der Waals surface area contributed by atoms with Gasteiger partial charge in [-0.05, 0) is 51.2 Å². The normalized spacial score (nSPS) is 18.1. The van der Waals surface area contributed by atoms with Crippen molar-refractivity contribution in [1.82, 2.24) is 4.90 Å². The molecule has 1 aromatic rings. The lowest BCUT2D eigenvalue weighted by atomic mass is 10.1. The van der Waals surface area contributed by atoms with Crippen LogP contribution in [0.4, 0.5) is 11.4 Å². The predicted molar refractivity (Wildman–Crippen MR) is 74.9 cm³/mol. The summed E-state index contributed by atoms with van der Waals surface area (Å²) in [5.41, 5.74) is 2.49. The minimum Gasteiger partial charge on any atom is -0.382 e. The number of nitrogens with zero attached hydrogens (tertiary/aromatic N) is 2. The van der Waals surface area contributed by atoms with Crippen molar-refractivity contribution in [1.29, 1.82) is 0 Å². The number of hydrogen-bond acceptors (Lipinski definition) is 3. The van der Waals surface area contributed by atoms with Crippen molar-refractivity contribution in [3.8, 4) is 0 Å². The van der Waals surface area contributed by atoms with Gasteiger partial charge >= 0.3 is 0 Å². The summed E-state index contributed by atoms with van der Waals surface area (Å²) in [4.78, 5) is 4.54. The Balaban J connectivity index is 1.96. The zero-order valence-corrected chi connectivity index (χ0v) is 11.1. The summed E-state index contributed by atoms with van der Waals surface area (Å²) in [5, 5.41) is 3.64. The predicted octanol–water partition coefficient (Wildman–Crippen LogP) is 2.26. The van der Waals surface area contributed by atoms with E-state index >= 15 is 0 Å². The van der Waals surface area contributed by atoms with Crippen LogP contribution in [0.25, 0.3) is 0 Å². The molecule has 0 aromatic heterocycles. The molecule has 0 atom stereocenters. The zero-order chi connectivity index (χ0) is 12.3. The molecular weight excluding hydrogens is 210 g/mol. The second-order valence-electron chi connectivity index (χ2n) is 5.17. The van der Waals surface area contributed by atoms with Crippen molar-refractivity contribution in [3.05, 3.63) is 24.3 Å². The fourth-order valence-electron chi connectivity index (χ4n) is 2.26. The Bertz CT molecular complexity index is 354. The molecule has 1 heterocycles. The lowest BCUT2D eigenvalue weighted by Gasteiger charge is -2.30. The second kappa shape index (κ2) is 5.41. The monoisotopic (exact) mass is 233 g/mol. The first-order valence-corrected chi connectivity index (χ1v) is 6.37. The van der Waals surface area contributed by atoms with E-state index in [0.29, 0.717) is 6.04 Å². The van der Waals surface area contributed by atoms with Crippen molar-refractivity contribution in [2.45, 2.75) is 18.9 Å². The summed E-state index contributed by atoms with van der Waals surface area (Å²) in [5.74, 6) is 0. The number of anilines is 2. The molecule has 0 spiro atoms. The molecule has 0 saturated carbocycles. The maximum absolute atomic E-state index is 3.64. The number of hydrogen-bond donors (Lipinski definition) is 1. The topological polar surface area (TPSA) is 18.5 Å². The highest BCUT2D eigenvalue weighted by Crippen LogP contribution is 2.20. The van der Waals surface area contributed by atoms with Crippen molar-refractivity contribution in [2.24, 2.45) is 0 Å². The summed E-state index contributed by atoms with van der Waals surface area (Å²) < 4.78 is 0. The van der Waals surface area contributed by atoms with Crippen LogP contribution in [0, 0.1) is 0 Å². The van der Waals surface area contributed by atoms with Crippen molar-refractivity contribution in [3.63, 3.8) is 0 Å². The summed E-state index contributed by atoms with van der Waals surface area (Å²) in [6.07, 6.45) is 2.48. The van der Waals surface area contributed by atoms with Gasteiger partial charge in [0.1, 0.15) is 0 Å². The summed E-state index contributed by atoms with van der Waals surface area (Å²) in [6, 6.07) is 9.26. The maximum Gasteiger partial charge on any atom is 0.0381 e. The highest BCUT2D eigenvalue weighted by molar-refractivity contribution is 5.57. The molecule has 2 rings (SSSR count). The standard InChI is InChI=1S/C14H23N3/c1-16(2)14-6-4-5-13(11-14)15-12-7-9-17(3)10-8-12/h4-6,11-12,15H,7-10H2,1-3H3. The van der Waals surface area contributed by atoms with Crippen LogP contribution in [0.2, 0.25) is 0 Å². The van der Waals surface area contributed by atoms with Crippen LogP contribution in [0.3, 0.4) is 0 Å². The van der Waals surface area contributed by atoms with Crippen molar-refractivity contribution < 1.29 is 0 Å². The Labute approximate surface area is 104 Å².